The SMILES string of the molecule is CN(Cc1ccc(CC(=O)NN)cc1)Cc1cc(Br)cs1. The lowest BCUT2D eigenvalue weighted by molar-refractivity contribution is -0.120. The van der Waals surface area contributed by atoms with E-state index >= 15 is 0 Å². The first-order valence-electron chi connectivity index (χ1n) is 6.55. The minimum Gasteiger partial charge on any atom is -0.297 e. The summed E-state index contributed by atoms with van der Waals surface area (Å²) >= 11 is 5.23. The van der Waals surface area contributed by atoms with Crippen LogP contribution in [0.15, 0.2) is 40.2 Å². The highest BCUT2D eigenvalue weighted by Crippen LogP contribution is 2.21. The number of rotatable bonds is 6. The van der Waals surface area contributed by atoms with Gasteiger partial charge in [0.2, 0.25) is 5.91 Å². The second-order valence-electron chi connectivity index (χ2n) is 4.96. The van der Waals surface area contributed by atoms with Crippen molar-refractivity contribution in [3.05, 3.63) is 56.2 Å². The molecule has 0 aliphatic rings. The molecular weight excluding hydrogens is 350 g/mol. The third-order valence-electron chi connectivity index (χ3n) is 3.05. The summed E-state index contributed by atoms with van der Waals surface area (Å²) in [4.78, 5) is 14.8. The van der Waals surface area contributed by atoms with Gasteiger partial charge in [0, 0.05) is 27.8 Å². The average Bonchev–Trinajstić information content (AvgIpc) is 2.86. The number of halogens is 1. The molecule has 0 fully saturated rings. The normalized spacial score (nSPS) is 10.9. The van der Waals surface area contributed by atoms with E-state index in [0.29, 0.717) is 6.42 Å². The summed E-state index contributed by atoms with van der Waals surface area (Å²) < 4.78 is 1.14. The molecule has 1 aromatic heterocycles. The number of carbonyl (C=O) groups excluding carboxylic acids is 1. The van der Waals surface area contributed by atoms with Crippen LogP contribution in [0.1, 0.15) is 16.0 Å². The third kappa shape index (κ3) is 5.24. The van der Waals surface area contributed by atoms with Crippen molar-refractivity contribution in [1.29, 1.82) is 0 Å². The van der Waals surface area contributed by atoms with Gasteiger partial charge < -0.3 is 0 Å². The summed E-state index contributed by atoms with van der Waals surface area (Å²) in [6, 6.07) is 10.2. The second kappa shape index (κ2) is 7.70. The highest BCUT2D eigenvalue weighted by atomic mass is 79.9. The Balaban J connectivity index is 1.89. The van der Waals surface area contributed by atoms with Gasteiger partial charge in [-0.1, -0.05) is 24.3 Å². The van der Waals surface area contributed by atoms with E-state index < -0.39 is 0 Å². The van der Waals surface area contributed by atoms with Crippen molar-refractivity contribution in [2.75, 3.05) is 7.05 Å². The summed E-state index contributed by atoms with van der Waals surface area (Å²) in [6.45, 7) is 1.80. The van der Waals surface area contributed by atoms with Crippen LogP contribution in [-0.4, -0.2) is 17.9 Å². The molecule has 21 heavy (non-hydrogen) atoms. The van der Waals surface area contributed by atoms with E-state index in [1.165, 1.54) is 10.4 Å². The van der Waals surface area contributed by atoms with E-state index in [1.54, 1.807) is 11.3 Å². The fraction of sp³-hybridized carbons (Fsp3) is 0.267. The van der Waals surface area contributed by atoms with E-state index in [0.717, 1.165) is 23.1 Å². The van der Waals surface area contributed by atoms with Crippen molar-refractivity contribution < 1.29 is 4.79 Å². The van der Waals surface area contributed by atoms with Gasteiger partial charge in [0.1, 0.15) is 0 Å². The molecule has 1 amide bonds. The maximum Gasteiger partial charge on any atom is 0.238 e. The summed E-state index contributed by atoms with van der Waals surface area (Å²) in [7, 11) is 2.10. The van der Waals surface area contributed by atoms with Gasteiger partial charge in [-0.05, 0) is 40.2 Å². The number of nitrogens with two attached hydrogens (primary N) is 1. The van der Waals surface area contributed by atoms with Crippen molar-refractivity contribution in [2.24, 2.45) is 5.84 Å². The molecular formula is C15H18BrN3OS. The lowest BCUT2D eigenvalue weighted by Crippen LogP contribution is -2.31. The van der Waals surface area contributed by atoms with Gasteiger partial charge >= 0.3 is 0 Å². The Kier molecular flexibility index (Phi) is 5.93. The fourth-order valence-electron chi connectivity index (χ4n) is 2.07. The molecule has 6 heteroatoms. The first kappa shape index (κ1) is 16.2. The van der Waals surface area contributed by atoms with Crippen LogP contribution in [0.3, 0.4) is 0 Å². The highest BCUT2D eigenvalue weighted by Gasteiger charge is 2.05. The van der Waals surface area contributed by atoms with Crippen LogP contribution in [0, 0.1) is 0 Å². The number of benzene rings is 1. The van der Waals surface area contributed by atoms with Gasteiger partial charge in [-0.25, -0.2) is 5.84 Å². The van der Waals surface area contributed by atoms with Crippen molar-refractivity contribution >= 4 is 33.2 Å². The topological polar surface area (TPSA) is 58.4 Å². The Morgan fingerprint density at radius 2 is 1.95 bits per heavy atom. The maximum atomic E-state index is 11.2. The molecule has 1 aromatic carbocycles. The number of nitrogens with zero attached hydrogens (tertiary/aromatic N) is 1. The zero-order valence-corrected chi connectivity index (χ0v) is 14.2. The van der Waals surface area contributed by atoms with E-state index in [4.69, 9.17) is 5.84 Å². The van der Waals surface area contributed by atoms with Gasteiger partial charge in [-0.3, -0.25) is 15.1 Å². The van der Waals surface area contributed by atoms with Crippen LogP contribution in [0.25, 0.3) is 0 Å². The van der Waals surface area contributed by atoms with Crippen LogP contribution in [0.4, 0.5) is 0 Å². The quantitative estimate of drug-likeness (QED) is 0.468. The smallest absolute Gasteiger partial charge is 0.238 e. The third-order valence-corrected chi connectivity index (χ3v) is 4.73. The lowest BCUT2D eigenvalue weighted by Gasteiger charge is -2.15. The minimum atomic E-state index is -0.178. The number of hydrazine groups is 1. The first-order valence-corrected chi connectivity index (χ1v) is 8.23. The standard InChI is InChI=1S/C15H18BrN3OS/c1-19(9-14-7-13(16)10-21-14)8-12-4-2-11(3-5-12)6-15(20)18-17/h2-5,7,10H,6,8-9,17H2,1H3,(H,18,20). The van der Waals surface area contributed by atoms with Crippen LogP contribution in [0.5, 0.6) is 0 Å². The average molecular weight is 368 g/mol. The number of carbonyl (C=O) groups is 1. The van der Waals surface area contributed by atoms with Crippen LogP contribution < -0.4 is 11.3 Å². The Hall–Kier alpha value is -1.21. The molecule has 112 valence electrons. The summed E-state index contributed by atoms with van der Waals surface area (Å²) in [5, 5.41) is 2.10. The molecule has 1 heterocycles. The molecule has 0 unspecified atom stereocenters. The molecule has 0 radical (unpaired) electrons. The number of thiophene rings is 1. The molecule has 3 N–H and O–H groups in total. The van der Waals surface area contributed by atoms with Crippen LogP contribution in [0.2, 0.25) is 0 Å². The Bertz CT molecular complexity index is 597. The molecule has 2 rings (SSSR count). The van der Waals surface area contributed by atoms with E-state index in [2.05, 4.69) is 56.9 Å². The molecule has 0 spiro atoms. The van der Waals surface area contributed by atoms with E-state index in [-0.39, 0.29) is 5.91 Å². The second-order valence-corrected chi connectivity index (χ2v) is 6.88. The first-order chi connectivity index (χ1) is 10.1. The number of hydrogen-bond donors (Lipinski definition) is 2. The molecule has 0 saturated carbocycles. The summed E-state index contributed by atoms with van der Waals surface area (Å²) in [5.41, 5.74) is 4.33. The summed E-state index contributed by atoms with van der Waals surface area (Å²) in [5.74, 6) is 4.90. The Morgan fingerprint density at radius 3 is 2.52 bits per heavy atom. The monoisotopic (exact) mass is 367 g/mol. The predicted octanol–water partition coefficient (Wildman–Crippen LogP) is 2.68. The van der Waals surface area contributed by atoms with Gasteiger partial charge in [-0.15, -0.1) is 11.3 Å². The zero-order chi connectivity index (χ0) is 15.2. The highest BCUT2D eigenvalue weighted by molar-refractivity contribution is 9.10. The summed E-state index contributed by atoms with van der Waals surface area (Å²) in [6.07, 6.45) is 0.315. The van der Waals surface area contributed by atoms with Gasteiger partial charge in [0.25, 0.3) is 0 Å². The van der Waals surface area contributed by atoms with E-state index in [1.807, 2.05) is 12.1 Å². The fourth-order valence-corrected chi connectivity index (χ4v) is 3.60. The van der Waals surface area contributed by atoms with Gasteiger partial charge in [0.15, 0.2) is 0 Å². The predicted molar refractivity (Wildman–Crippen MR) is 89.7 cm³/mol. The molecule has 0 atom stereocenters. The van der Waals surface area contributed by atoms with Crippen molar-refractivity contribution in [3.8, 4) is 0 Å². The lowest BCUT2D eigenvalue weighted by atomic mass is 10.1. The van der Waals surface area contributed by atoms with Gasteiger partial charge in [-0.2, -0.15) is 0 Å². The minimum absolute atomic E-state index is 0.178. The molecule has 4 nitrogen and oxygen atoms in total. The largest absolute Gasteiger partial charge is 0.297 e. The Morgan fingerprint density at radius 1 is 1.29 bits per heavy atom. The molecule has 0 saturated heterocycles. The van der Waals surface area contributed by atoms with Crippen LogP contribution >= 0.6 is 27.3 Å². The maximum absolute atomic E-state index is 11.2. The molecule has 0 aliphatic carbocycles. The molecule has 2 aromatic rings. The molecule has 0 bridgehead atoms. The van der Waals surface area contributed by atoms with E-state index in [9.17, 15) is 4.79 Å². The van der Waals surface area contributed by atoms with Crippen molar-refractivity contribution in [2.45, 2.75) is 19.5 Å². The van der Waals surface area contributed by atoms with Crippen LogP contribution in [-0.2, 0) is 24.3 Å². The Labute approximate surface area is 137 Å². The zero-order valence-electron chi connectivity index (χ0n) is 11.8. The number of hydrogen-bond acceptors (Lipinski definition) is 4. The van der Waals surface area contributed by atoms with Crippen molar-refractivity contribution in [1.82, 2.24) is 10.3 Å². The van der Waals surface area contributed by atoms with Crippen molar-refractivity contribution in [3.63, 3.8) is 0 Å². The number of amides is 1. The molecule has 0 aliphatic heterocycles. The van der Waals surface area contributed by atoms with Gasteiger partial charge in [0.05, 0.1) is 6.42 Å². The number of nitrogens with one attached hydrogen (secondary N) is 1.